The average Bonchev–Trinajstić information content (AvgIpc) is 3.09. The monoisotopic (exact) mass is 258 g/mol. The lowest BCUT2D eigenvalue weighted by Gasteiger charge is -2.14. The summed E-state index contributed by atoms with van der Waals surface area (Å²) < 4.78 is 4.83. The van der Waals surface area contributed by atoms with E-state index in [0.717, 1.165) is 12.8 Å². The first-order valence-corrected chi connectivity index (χ1v) is 6.05. The van der Waals surface area contributed by atoms with E-state index < -0.39 is 0 Å². The van der Waals surface area contributed by atoms with E-state index in [4.69, 9.17) is 15.7 Å². The normalized spacial score (nSPS) is 17.5. The second-order valence-electron chi connectivity index (χ2n) is 4.71. The van der Waals surface area contributed by atoms with E-state index >= 15 is 0 Å². The molecule has 0 aromatic carbocycles. The Labute approximate surface area is 107 Å². The zero-order valence-electron chi connectivity index (χ0n) is 10.7. The lowest BCUT2D eigenvalue weighted by molar-refractivity contribution is -0.120. The van der Waals surface area contributed by atoms with Crippen molar-refractivity contribution in [3.63, 3.8) is 0 Å². The summed E-state index contributed by atoms with van der Waals surface area (Å²) in [5.41, 5.74) is 5.56. The van der Waals surface area contributed by atoms with Crippen LogP contribution in [0.1, 0.15) is 19.3 Å². The maximum atomic E-state index is 11.4. The molecule has 0 heterocycles. The fourth-order valence-electron chi connectivity index (χ4n) is 1.81. The molecule has 0 saturated heterocycles. The zero-order valence-corrected chi connectivity index (χ0v) is 10.7. The summed E-state index contributed by atoms with van der Waals surface area (Å²) in [6.07, 6.45) is 2.66. The molecule has 1 fully saturated rings. The van der Waals surface area contributed by atoms with Gasteiger partial charge in [-0.25, -0.2) is 0 Å². The summed E-state index contributed by atoms with van der Waals surface area (Å²) in [5.74, 6) is 0.200. The summed E-state index contributed by atoms with van der Waals surface area (Å²) in [7, 11) is 1.59. The van der Waals surface area contributed by atoms with Gasteiger partial charge in [0.15, 0.2) is 0 Å². The van der Waals surface area contributed by atoms with Crippen LogP contribution < -0.4 is 16.4 Å². The molecule has 0 aromatic heterocycles. The summed E-state index contributed by atoms with van der Waals surface area (Å²) in [4.78, 5) is 11.4. The number of nitrogens with zero attached hydrogens (tertiary/aromatic N) is 1. The topological polar surface area (TPSA) is 109 Å². The van der Waals surface area contributed by atoms with Crippen LogP contribution in [0.4, 0.5) is 0 Å². The number of hydrogen-bond donors (Lipinski definition) is 4. The van der Waals surface area contributed by atoms with Gasteiger partial charge in [-0.2, -0.15) is 0 Å². The highest BCUT2D eigenvalue weighted by molar-refractivity contribution is 5.80. The molecular formula is C11H22N4O3. The second kappa shape index (κ2) is 7.17. The van der Waals surface area contributed by atoms with Crippen molar-refractivity contribution in [2.24, 2.45) is 16.3 Å². The molecule has 0 aromatic rings. The van der Waals surface area contributed by atoms with Gasteiger partial charge in [-0.1, -0.05) is 5.16 Å². The lowest BCUT2D eigenvalue weighted by Crippen LogP contribution is -2.38. The van der Waals surface area contributed by atoms with Gasteiger partial charge in [0, 0.05) is 26.6 Å². The van der Waals surface area contributed by atoms with E-state index in [1.165, 1.54) is 0 Å². The Morgan fingerprint density at radius 1 is 1.56 bits per heavy atom. The van der Waals surface area contributed by atoms with E-state index in [1.807, 2.05) is 0 Å². The summed E-state index contributed by atoms with van der Waals surface area (Å²) in [5, 5.41) is 17.3. The number of amidine groups is 1. The van der Waals surface area contributed by atoms with E-state index in [9.17, 15) is 4.79 Å². The van der Waals surface area contributed by atoms with Gasteiger partial charge >= 0.3 is 0 Å². The molecule has 0 aliphatic heterocycles. The number of methoxy groups -OCH3 is 1. The van der Waals surface area contributed by atoms with Crippen LogP contribution in [0.3, 0.4) is 0 Å². The molecule has 1 aliphatic rings. The van der Waals surface area contributed by atoms with Gasteiger partial charge in [0.25, 0.3) is 0 Å². The molecule has 1 rings (SSSR count). The fourth-order valence-corrected chi connectivity index (χ4v) is 1.81. The summed E-state index contributed by atoms with van der Waals surface area (Å²) >= 11 is 0. The molecule has 7 heteroatoms. The van der Waals surface area contributed by atoms with Crippen molar-refractivity contribution < 1.29 is 14.7 Å². The van der Waals surface area contributed by atoms with Crippen molar-refractivity contribution >= 4 is 11.7 Å². The van der Waals surface area contributed by atoms with E-state index in [2.05, 4.69) is 15.8 Å². The van der Waals surface area contributed by atoms with Crippen LogP contribution in [0.5, 0.6) is 0 Å². The van der Waals surface area contributed by atoms with Gasteiger partial charge in [-0.15, -0.1) is 0 Å². The largest absolute Gasteiger partial charge is 0.409 e. The van der Waals surface area contributed by atoms with Gasteiger partial charge in [0.05, 0.1) is 13.2 Å². The van der Waals surface area contributed by atoms with Crippen LogP contribution in [-0.2, 0) is 9.53 Å². The van der Waals surface area contributed by atoms with Gasteiger partial charge in [-0.3, -0.25) is 4.79 Å². The summed E-state index contributed by atoms with van der Waals surface area (Å²) in [6.45, 7) is 2.02. The Bertz CT molecular complexity index is 303. The number of carbonyl (C=O) groups is 1. The minimum absolute atomic E-state index is 0.0494. The number of carbonyl (C=O) groups excluding carboxylic acids is 1. The highest BCUT2D eigenvalue weighted by Gasteiger charge is 2.42. The average molecular weight is 258 g/mol. The highest BCUT2D eigenvalue weighted by Crippen LogP contribution is 2.48. The van der Waals surface area contributed by atoms with Crippen molar-refractivity contribution in [2.75, 3.05) is 33.4 Å². The number of oxime groups is 1. The molecule has 0 radical (unpaired) electrons. The Morgan fingerprint density at radius 3 is 2.83 bits per heavy atom. The number of hydrogen-bond acceptors (Lipinski definition) is 5. The molecule has 104 valence electrons. The predicted molar refractivity (Wildman–Crippen MR) is 67.4 cm³/mol. The smallest absolute Gasteiger partial charge is 0.234 e. The van der Waals surface area contributed by atoms with Crippen molar-refractivity contribution in [3.8, 4) is 0 Å². The maximum Gasteiger partial charge on any atom is 0.234 e. The van der Waals surface area contributed by atoms with Crippen LogP contribution in [0.2, 0.25) is 0 Å². The first-order chi connectivity index (χ1) is 8.62. The second-order valence-corrected chi connectivity index (χ2v) is 4.71. The molecule has 0 unspecified atom stereocenters. The minimum atomic E-state index is -0.0494. The van der Waals surface area contributed by atoms with Crippen LogP contribution in [0.25, 0.3) is 0 Å². The molecule has 1 amide bonds. The maximum absolute atomic E-state index is 11.4. The number of amides is 1. The fraction of sp³-hybridized carbons (Fsp3) is 0.818. The van der Waals surface area contributed by atoms with Crippen molar-refractivity contribution in [3.05, 3.63) is 0 Å². The number of ether oxygens (including phenoxy) is 1. The molecule has 0 spiro atoms. The number of rotatable bonds is 9. The molecular weight excluding hydrogens is 236 g/mol. The highest BCUT2D eigenvalue weighted by atomic mass is 16.5. The Balaban J connectivity index is 2.12. The standard InChI is InChI=1S/C11H22N4O3/c1-18-5-4-14-10(16)7-13-8-11(2-3-11)6-9(12)15-17/h13,17H,2-8H2,1H3,(H2,12,15)(H,14,16). The third kappa shape index (κ3) is 5.33. The van der Waals surface area contributed by atoms with Crippen LogP contribution in [0.15, 0.2) is 5.16 Å². The Morgan fingerprint density at radius 2 is 2.28 bits per heavy atom. The van der Waals surface area contributed by atoms with Gasteiger partial charge in [0.2, 0.25) is 5.91 Å². The quantitative estimate of drug-likeness (QED) is 0.143. The molecule has 5 N–H and O–H groups in total. The molecule has 1 aliphatic carbocycles. The van der Waals surface area contributed by atoms with Crippen molar-refractivity contribution in [1.82, 2.24) is 10.6 Å². The van der Waals surface area contributed by atoms with Gasteiger partial charge in [0.1, 0.15) is 5.84 Å². The van der Waals surface area contributed by atoms with Crippen molar-refractivity contribution in [1.29, 1.82) is 0 Å². The zero-order chi connectivity index (χ0) is 13.4. The van der Waals surface area contributed by atoms with E-state index in [1.54, 1.807) is 7.11 Å². The summed E-state index contributed by atoms with van der Waals surface area (Å²) in [6, 6.07) is 0. The molecule has 0 atom stereocenters. The first kappa shape index (κ1) is 14.7. The Kier molecular flexibility index (Phi) is 5.87. The van der Waals surface area contributed by atoms with E-state index in [-0.39, 0.29) is 23.7 Å². The third-order valence-corrected chi connectivity index (χ3v) is 3.06. The minimum Gasteiger partial charge on any atom is -0.409 e. The number of nitrogens with one attached hydrogen (secondary N) is 2. The first-order valence-electron chi connectivity index (χ1n) is 6.05. The van der Waals surface area contributed by atoms with Gasteiger partial charge < -0.3 is 26.3 Å². The number of nitrogens with two attached hydrogens (primary N) is 1. The SMILES string of the molecule is COCCNC(=O)CNCC1(CC(N)=NO)CC1. The lowest BCUT2D eigenvalue weighted by atomic mass is 10.0. The van der Waals surface area contributed by atoms with Crippen LogP contribution in [-0.4, -0.2) is 50.3 Å². The molecule has 1 saturated carbocycles. The van der Waals surface area contributed by atoms with Crippen LogP contribution in [0, 0.1) is 5.41 Å². The third-order valence-electron chi connectivity index (χ3n) is 3.06. The van der Waals surface area contributed by atoms with Crippen LogP contribution >= 0.6 is 0 Å². The predicted octanol–water partition coefficient (Wildman–Crippen LogP) is -0.745. The Hall–Kier alpha value is -1.34. The molecule has 7 nitrogen and oxygen atoms in total. The van der Waals surface area contributed by atoms with Crippen molar-refractivity contribution in [2.45, 2.75) is 19.3 Å². The molecule has 0 bridgehead atoms. The van der Waals surface area contributed by atoms with E-state index in [0.29, 0.717) is 26.1 Å². The van der Waals surface area contributed by atoms with Gasteiger partial charge in [-0.05, 0) is 18.3 Å². The molecule has 18 heavy (non-hydrogen) atoms.